The molecule has 2 rings (SSSR count). The van der Waals surface area contributed by atoms with Crippen LogP contribution in [0.3, 0.4) is 0 Å². The van der Waals surface area contributed by atoms with Crippen molar-refractivity contribution in [2.75, 3.05) is 7.11 Å². The van der Waals surface area contributed by atoms with Crippen LogP contribution in [0, 0.1) is 0 Å². The van der Waals surface area contributed by atoms with Crippen LogP contribution in [0.5, 0.6) is 11.5 Å². The smallest absolute Gasteiger partial charge is 0.119 e. The third-order valence-electron chi connectivity index (χ3n) is 3.01. The molecule has 0 spiro atoms. The highest BCUT2D eigenvalue weighted by Crippen LogP contribution is 2.16. The second kappa shape index (κ2) is 6.25. The molecule has 0 radical (unpaired) electrons. The van der Waals surface area contributed by atoms with Gasteiger partial charge < -0.3 is 14.9 Å². The Bertz CT molecular complexity index is 520. The molecule has 0 bridgehead atoms. The number of hydrogen-bond donors (Lipinski definition) is 2. The molecule has 2 aromatic rings. The van der Waals surface area contributed by atoms with Crippen LogP contribution < -0.4 is 4.74 Å². The Balaban J connectivity index is 1.96. The van der Waals surface area contributed by atoms with E-state index in [-0.39, 0.29) is 5.75 Å². The van der Waals surface area contributed by atoms with Crippen molar-refractivity contribution >= 4 is 0 Å². The highest BCUT2D eigenvalue weighted by Gasteiger charge is 2.07. The standard InChI is InChI=1S/C16H18O3/c1-19-16-4-2-3-13(11-16)10-15(18)9-12-5-7-14(17)8-6-12/h2-8,11,15,17-18H,9-10H2,1H3. The number of rotatable bonds is 5. The van der Waals surface area contributed by atoms with Crippen molar-refractivity contribution in [2.24, 2.45) is 0 Å². The van der Waals surface area contributed by atoms with Gasteiger partial charge in [0.25, 0.3) is 0 Å². The maximum atomic E-state index is 10.1. The molecule has 0 saturated carbocycles. The number of ether oxygens (including phenoxy) is 1. The molecule has 0 fully saturated rings. The number of aliphatic hydroxyl groups excluding tert-OH is 1. The molecule has 0 aliphatic carbocycles. The van der Waals surface area contributed by atoms with Crippen LogP contribution >= 0.6 is 0 Å². The minimum Gasteiger partial charge on any atom is -0.508 e. The number of aromatic hydroxyl groups is 1. The fourth-order valence-electron chi connectivity index (χ4n) is 2.05. The molecule has 2 N–H and O–H groups in total. The summed E-state index contributed by atoms with van der Waals surface area (Å²) in [6.45, 7) is 0. The van der Waals surface area contributed by atoms with Gasteiger partial charge in [0.2, 0.25) is 0 Å². The highest BCUT2D eigenvalue weighted by atomic mass is 16.5. The minimum atomic E-state index is -0.448. The van der Waals surface area contributed by atoms with Crippen molar-refractivity contribution in [1.29, 1.82) is 0 Å². The van der Waals surface area contributed by atoms with Crippen molar-refractivity contribution in [3.8, 4) is 11.5 Å². The van der Waals surface area contributed by atoms with Crippen LogP contribution in [0.1, 0.15) is 11.1 Å². The van der Waals surface area contributed by atoms with Gasteiger partial charge in [-0.2, -0.15) is 0 Å². The molecule has 3 nitrogen and oxygen atoms in total. The lowest BCUT2D eigenvalue weighted by molar-refractivity contribution is 0.175. The molecule has 100 valence electrons. The van der Waals surface area contributed by atoms with Gasteiger partial charge in [0.1, 0.15) is 11.5 Å². The van der Waals surface area contributed by atoms with E-state index >= 15 is 0 Å². The Kier molecular flexibility index (Phi) is 4.42. The van der Waals surface area contributed by atoms with Crippen molar-refractivity contribution < 1.29 is 14.9 Å². The predicted octanol–water partition coefficient (Wildman–Crippen LogP) is 2.55. The summed E-state index contributed by atoms with van der Waals surface area (Å²) in [6.07, 6.45) is 0.701. The number of phenolic OH excluding ortho intramolecular Hbond substituents is 1. The van der Waals surface area contributed by atoms with Crippen molar-refractivity contribution in [2.45, 2.75) is 18.9 Å². The lowest BCUT2D eigenvalue weighted by Crippen LogP contribution is -2.13. The van der Waals surface area contributed by atoms with Gasteiger partial charge >= 0.3 is 0 Å². The molecule has 19 heavy (non-hydrogen) atoms. The molecule has 1 atom stereocenters. The molecule has 3 heteroatoms. The van der Waals surface area contributed by atoms with E-state index in [1.807, 2.05) is 36.4 Å². The monoisotopic (exact) mass is 258 g/mol. The minimum absolute atomic E-state index is 0.242. The Morgan fingerprint density at radius 2 is 1.68 bits per heavy atom. The first kappa shape index (κ1) is 13.4. The first-order chi connectivity index (χ1) is 9.17. The first-order valence-electron chi connectivity index (χ1n) is 6.26. The van der Waals surface area contributed by atoms with Gasteiger partial charge in [-0.3, -0.25) is 0 Å². The zero-order chi connectivity index (χ0) is 13.7. The first-order valence-corrected chi connectivity index (χ1v) is 6.26. The fraction of sp³-hybridized carbons (Fsp3) is 0.250. The van der Waals surface area contributed by atoms with E-state index in [0.29, 0.717) is 12.8 Å². The third-order valence-corrected chi connectivity index (χ3v) is 3.01. The van der Waals surface area contributed by atoms with E-state index in [9.17, 15) is 10.2 Å². The maximum absolute atomic E-state index is 10.1. The summed E-state index contributed by atoms with van der Waals surface area (Å²) in [7, 11) is 1.63. The number of hydrogen-bond acceptors (Lipinski definition) is 3. The van der Waals surface area contributed by atoms with Gasteiger partial charge in [0.05, 0.1) is 13.2 Å². The summed E-state index contributed by atoms with van der Waals surface area (Å²) in [5, 5.41) is 19.3. The molecule has 0 heterocycles. The molecule has 0 saturated heterocycles. The average molecular weight is 258 g/mol. The number of phenols is 1. The molecular weight excluding hydrogens is 240 g/mol. The van der Waals surface area contributed by atoms with Crippen LogP contribution in [-0.4, -0.2) is 23.4 Å². The molecule has 0 aliphatic heterocycles. The van der Waals surface area contributed by atoms with E-state index in [1.54, 1.807) is 19.2 Å². The molecule has 0 aromatic heterocycles. The molecule has 0 aliphatic rings. The van der Waals surface area contributed by atoms with E-state index in [2.05, 4.69) is 0 Å². The molecular formula is C16H18O3. The van der Waals surface area contributed by atoms with Crippen molar-refractivity contribution in [3.05, 3.63) is 59.7 Å². The summed E-state index contributed by atoms with van der Waals surface area (Å²) in [5.74, 6) is 1.04. The number of methoxy groups -OCH3 is 1. The lowest BCUT2D eigenvalue weighted by Gasteiger charge is -2.11. The van der Waals surface area contributed by atoms with Crippen LogP contribution in [0.2, 0.25) is 0 Å². The Hall–Kier alpha value is -2.00. The zero-order valence-corrected chi connectivity index (χ0v) is 10.9. The summed E-state index contributed by atoms with van der Waals surface area (Å²) in [5.41, 5.74) is 2.05. The Morgan fingerprint density at radius 1 is 1.00 bits per heavy atom. The predicted molar refractivity (Wildman–Crippen MR) is 74.5 cm³/mol. The van der Waals surface area contributed by atoms with Gasteiger partial charge in [0, 0.05) is 0 Å². The van der Waals surface area contributed by atoms with Gasteiger partial charge in [0.15, 0.2) is 0 Å². The summed E-state index contributed by atoms with van der Waals surface area (Å²) in [6, 6.07) is 14.6. The van der Waals surface area contributed by atoms with Gasteiger partial charge in [-0.25, -0.2) is 0 Å². The normalized spacial score (nSPS) is 12.1. The topological polar surface area (TPSA) is 49.7 Å². The summed E-state index contributed by atoms with van der Waals surface area (Å²) >= 11 is 0. The highest BCUT2D eigenvalue weighted by molar-refractivity contribution is 5.30. The third kappa shape index (κ3) is 4.00. The van der Waals surface area contributed by atoms with E-state index in [1.165, 1.54) is 0 Å². The van der Waals surface area contributed by atoms with Crippen LogP contribution in [-0.2, 0) is 12.8 Å². The molecule has 1 unspecified atom stereocenters. The maximum Gasteiger partial charge on any atom is 0.119 e. The average Bonchev–Trinajstić information content (AvgIpc) is 2.41. The number of benzene rings is 2. The lowest BCUT2D eigenvalue weighted by atomic mass is 10.0. The molecule has 2 aromatic carbocycles. The van der Waals surface area contributed by atoms with Crippen LogP contribution in [0.15, 0.2) is 48.5 Å². The zero-order valence-electron chi connectivity index (χ0n) is 10.9. The van der Waals surface area contributed by atoms with Gasteiger partial charge in [-0.05, 0) is 48.2 Å². The van der Waals surface area contributed by atoms with Crippen LogP contribution in [0.25, 0.3) is 0 Å². The molecule has 0 amide bonds. The summed E-state index contributed by atoms with van der Waals surface area (Å²) in [4.78, 5) is 0. The fourth-order valence-corrected chi connectivity index (χ4v) is 2.05. The van der Waals surface area contributed by atoms with Gasteiger partial charge in [-0.15, -0.1) is 0 Å². The van der Waals surface area contributed by atoms with Crippen molar-refractivity contribution in [1.82, 2.24) is 0 Å². The number of aliphatic hydroxyl groups is 1. The van der Waals surface area contributed by atoms with Gasteiger partial charge in [-0.1, -0.05) is 24.3 Å². The second-order valence-corrected chi connectivity index (χ2v) is 4.58. The van der Waals surface area contributed by atoms with Crippen LogP contribution in [0.4, 0.5) is 0 Å². The second-order valence-electron chi connectivity index (χ2n) is 4.58. The largest absolute Gasteiger partial charge is 0.508 e. The SMILES string of the molecule is COc1cccc(CC(O)Cc2ccc(O)cc2)c1. The van der Waals surface area contributed by atoms with E-state index in [4.69, 9.17) is 4.74 Å². The quantitative estimate of drug-likeness (QED) is 0.866. The Labute approximate surface area is 113 Å². The van der Waals surface area contributed by atoms with E-state index < -0.39 is 6.10 Å². The van der Waals surface area contributed by atoms with E-state index in [0.717, 1.165) is 16.9 Å². The Morgan fingerprint density at radius 3 is 2.37 bits per heavy atom. The van der Waals surface area contributed by atoms with Crippen molar-refractivity contribution in [3.63, 3.8) is 0 Å². The summed E-state index contributed by atoms with van der Waals surface area (Å²) < 4.78 is 5.16.